The van der Waals surface area contributed by atoms with Crippen molar-refractivity contribution in [3.63, 3.8) is 0 Å². The molecule has 0 aliphatic carbocycles. The van der Waals surface area contributed by atoms with E-state index < -0.39 is 5.91 Å². The van der Waals surface area contributed by atoms with Gasteiger partial charge in [0, 0.05) is 5.56 Å². The van der Waals surface area contributed by atoms with E-state index in [2.05, 4.69) is 19.9 Å². The summed E-state index contributed by atoms with van der Waals surface area (Å²) in [7, 11) is 0. The molecule has 2 rings (SSSR count). The molecule has 0 spiro atoms. The molecule has 2 aromatic rings. The fourth-order valence-electron chi connectivity index (χ4n) is 1.97. The van der Waals surface area contributed by atoms with Crippen molar-refractivity contribution in [2.24, 2.45) is 5.84 Å². The number of furan rings is 1. The van der Waals surface area contributed by atoms with Gasteiger partial charge in [-0.25, -0.2) is 5.84 Å². The van der Waals surface area contributed by atoms with Crippen LogP contribution < -0.4 is 16.0 Å². The molecule has 112 valence electrons. The minimum atomic E-state index is -0.453. The van der Waals surface area contributed by atoms with Gasteiger partial charge in [0.15, 0.2) is 5.76 Å². The first-order chi connectivity index (χ1) is 10.0. The summed E-state index contributed by atoms with van der Waals surface area (Å²) in [5.41, 5.74) is 4.09. The lowest BCUT2D eigenvalue weighted by Crippen LogP contribution is -2.29. The van der Waals surface area contributed by atoms with Crippen molar-refractivity contribution in [3.8, 4) is 5.75 Å². The first-order valence-corrected chi connectivity index (χ1v) is 6.84. The lowest BCUT2D eigenvalue weighted by molar-refractivity contribution is 0.0924. The second kappa shape index (κ2) is 6.45. The smallest absolute Gasteiger partial charge is 0.300 e. The van der Waals surface area contributed by atoms with E-state index in [1.54, 1.807) is 13.0 Å². The van der Waals surface area contributed by atoms with E-state index in [0.717, 1.165) is 11.3 Å². The van der Waals surface area contributed by atoms with Crippen LogP contribution >= 0.6 is 0 Å². The summed E-state index contributed by atoms with van der Waals surface area (Å²) in [6, 6.07) is 9.62. The van der Waals surface area contributed by atoms with Gasteiger partial charge in [0.1, 0.15) is 18.1 Å². The Morgan fingerprint density at radius 1 is 1.38 bits per heavy atom. The Balaban J connectivity index is 2.08. The van der Waals surface area contributed by atoms with Gasteiger partial charge in [-0.1, -0.05) is 26.0 Å². The average Bonchev–Trinajstić information content (AvgIpc) is 2.85. The van der Waals surface area contributed by atoms with Crippen molar-refractivity contribution in [2.45, 2.75) is 33.3 Å². The van der Waals surface area contributed by atoms with Gasteiger partial charge in [0.2, 0.25) is 0 Å². The van der Waals surface area contributed by atoms with E-state index >= 15 is 0 Å². The Morgan fingerprint density at radius 3 is 2.81 bits per heavy atom. The Labute approximate surface area is 124 Å². The van der Waals surface area contributed by atoms with Gasteiger partial charge in [0.05, 0.1) is 0 Å². The molecule has 0 unspecified atom stereocenters. The molecule has 0 saturated carbocycles. The number of nitrogens with one attached hydrogen (secondary N) is 1. The van der Waals surface area contributed by atoms with Crippen molar-refractivity contribution < 1.29 is 13.9 Å². The normalized spacial score (nSPS) is 10.7. The number of hydrogen-bond acceptors (Lipinski definition) is 4. The van der Waals surface area contributed by atoms with E-state index in [0.29, 0.717) is 18.3 Å². The Kier molecular flexibility index (Phi) is 4.65. The Morgan fingerprint density at radius 2 is 2.14 bits per heavy atom. The number of carbonyl (C=O) groups excluding carboxylic acids is 1. The molecule has 0 atom stereocenters. The van der Waals surface area contributed by atoms with E-state index in [4.69, 9.17) is 15.0 Å². The zero-order chi connectivity index (χ0) is 15.4. The van der Waals surface area contributed by atoms with Crippen LogP contribution in [-0.4, -0.2) is 5.91 Å². The van der Waals surface area contributed by atoms with Gasteiger partial charge in [-0.05, 0) is 36.6 Å². The zero-order valence-corrected chi connectivity index (χ0v) is 12.5. The second-order valence-electron chi connectivity index (χ2n) is 5.18. The van der Waals surface area contributed by atoms with Crippen LogP contribution in [0.15, 0.2) is 34.7 Å². The van der Waals surface area contributed by atoms with Gasteiger partial charge in [-0.2, -0.15) is 0 Å². The van der Waals surface area contributed by atoms with Crippen molar-refractivity contribution in [1.82, 2.24) is 5.43 Å². The molecule has 0 aliphatic heterocycles. The number of rotatable bonds is 5. The summed E-state index contributed by atoms with van der Waals surface area (Å²) in [4.78, 5) is 11.4. The Bertz CT molecular complexity index is 632. The molecule has 0 bridgehead atoms. The van der Waals surface area contributed by atoms with E-state index in [1.807, 2.05) is 23.6 Å². The quantitative estimate of drug-likeness (QED) is 0.504. The van der Waals surface area contributed by atoms with Gasteiger partial charge in [-0.3, -0.25) is 10.2 Å². The molecule has 0 aliphatic rings. The third-order valence-corrected chi connectivity index (χ3v) is 3.29. The molecule has 0 radical (unpaired) electrons. The molecule has 1 aromatic carbocycles. The number of ether oxygens (including phenoxy) is 1. The summed E-state index contributed by atoms with van der Waals surface area (Å²) in [5, 5.41) is 0. The lowest BCUT2D eigenvalue weighted by Gasteiger charge is -2.09. The maximum Gasteiger partial charge on any atom is 0.300 e. The fraction of sp³-hybridized carbons (Fsp3) is 0.312. The second-order valence-corrected chi connectivity index (χ2v) is 5.18. The molecule has 5 heteroatoms. The summed E-state index contributed by atoms with van der Waals surface area (Å²) in [6.07, 6.45) is 0. The SMILES string of the molecule is Cc1oc(C(=O)NN)cc1COc1cccc(C(C)C)c1. The topological polar surface area (TPSA) is 77.5 Å². The standard InChI is InChI=1S/C16H20N2O3/c1-10(2)12-5-4-6-14(7-12)20-9-13-8-15(16(19)18-17)21-11(13)3/h4-8,10H,9,17H2,1-3H3,(H,18,19). The predicted octanol–water partition coefficient (Wildman–Crippen LogP) is 2.89. The van der Waals surface area contributed by atoms with Crippen LogP contribution in [0.2, 0.25) is 0 Å². The minimum absolute atomic E-state index is 0.185. The number of nitrogens with two attached hydrogens (primary N) is 1. The largest absolute Gasteiger partial charge is 0.489 e. The summed E-state index contributed by atoms with van der Waals surface area (Å²) < 4.78 is 11.1. The molecule has 1 heterocycles. The van der Waals surface area contributed by atoms with Crippen molar-refractivity contribution in [1.29, 1.82) is 0 Å². The van der Waals surface area contributed by atoms with Crippen LogP contribution in [-0.2, 0) is 6.61 Å². The van der Waals surface area contributed by atoms with Gasteiger partial charge in [0.25, 0.3) is 0 Å². The number of carbonyl (C=O) groups is 1. The first-order valence-electron chi connectivity index (χ1n) is 6.84. The highest BCUT2D eigenvalue weighted by atomic mass is 16.5. The van der Waals surface area contributed by atoms with Crippen LogP contribution in [0, 0.1) is 6.92 Å². The van der Waals surface area contributed by atoms with Crippen LogP contribution in [0.4, 0.5) is 0 Å². The first kappa shape index (κ1) is 15.1. The highest BCUT2D eigenvalue weighted by molar-refractivity contribution is 5.91. The molecular formula is C16H20N2O3. The summed E-state index contributed by atoms with van der Waals surface area (Å²) >= 11 is 0. The maximum atomic E-state index is 11.4. The average molecular weight is 288 g/mol. The monoisotopic (exact) mass is 288 g/mol. The summed E-state index contributed by atoms with van der Waals surface area (Å²) in [6.45, 7) is 6.40. The highest BCUT2D eigenvalue weighted by Gasteiger charge is 2.13. The molecule has 0 fully saturated rings. The molecule has 5 nitrogen and oxygen atoms in total. The lowest BCUT2D eigenvalue weighted by atomic mass is 10.0. The molecule has 1 amide bonds. The third kappa shape index (κ3) is 3.64. The van der Waals surface area contributed by atoms with Crippen molar-refractivity contribution in [3.05, 3.63) is 53.0 Å². The number of hydrazine groups is 1. The van der Waals surface area contributed by atoms with E-state index in [1.165, 1.54) is 5.56 Å². The van der Waals surface area contributed by atoms with Crippen molar-refractivity contribution in [2.75, 3.05) is 0 Å². The molecule has 0 saturated heterocycles. The molecule has 3 N–H and O–H groups in total. The number of amides is 1. The van der Waals surface area contributed by atoms with Crippen LogP contribution in [0.1, 0.15) is 47.2 Å². The zero-order valence-electron chi connectivity index (χ0n) is 12.5. The van der Waals surface area contributed by atoms with Gasteiger partial charge >= 0.3 is 5.91 Å². The maximum absolute atomic E-state index is 11.4. The third-order valence-electron chi connectivity index (χ3n) is 3.29. The number of hydrogen-bond donors (Lipinski definition) is 2. The molecule has 1 aromatic heterocycles. The van der Waals surface area contributed by atoms with E-state index in [-0.39, 0.29) is 5.76 Å². The van der Waals surface area contributed by atoms with E-state index in [9.17, 15) is 4.79 Å². The van der Waals surface area contributed by atoms with Gasteiger partial charge in [-0.15, -0.1) is 0 Å². The minimum Gasteiger partial charge on any atom is -0.489 e. The van der Waals surface area contributed by atoms with Crippen LogP contribution in [0.5, 0.6) is 5.75 Å². The Hall–Kier alpha value is -2.27. The van der Waals surface area contributed by atoms with Crippen LogP contribution in [0.3, 0.4) is 0 Å². The number of aryl methyl sites for hydroxylation is 1. The number of benzene rings is 1. The molecular weight excluding hydrogens is 268 g/mol. The van der Waals surface area contributed by atoms with Crippen LogP contribution in [0.25, 0.3) is 0 Å². The highest BCUT2D eigenvalue weighted by Crippen LogP contribution is 2.22. The summed E-state index contributed by atoms with van der Waals surface area (Å²) in [5.74, 6) is 6.71. The predicted molar refractivity (Wildman–Crippen MR) is 80.0 cm³/mol. The van der Waals surface area contributed by atoms with Gasteiger partial charge < -0.3 is 9.15 Å². The number of nitrogen functional groups attached to an aromatic ring is 1. The van der Waals surface area contributed by atoms with Crippen molar-refractivity contribution >= 4 is 5.91 Å². The fourth-order valence-corrected chi connectivity index (χ4v) is 1.97. The molecule has 21 heavy (non-hydrogen) atoms.